The van der Waals surface area contributed by atoms with Gasteiger partial charge in [-0.3, -0.25) is 4.79 Å². The summed E-state index contributed by atoms with van der Waals surface area (Å²) in [4.78, 5) is 23.1. The van der Waals surface area contributed by atoms with Crippen LogP contribution in [0.3, 0.4) is 0 Å². The topological polar surface area (TPSA) is 101 Å². The summed E-state index contributed by atoms with van der Waals surface area (Å²) < 4.78 is 22.8. The van der Waals surface area contributed by atoms with Crippen molar-refractivity contribution in [2.75, 3.05) is 5.75 Å². The number of rotatable bonds is 5. The van der Waals surface area contributed by atoms with E-state index in [2.05, 4.69) is 5.32 Å². The number of aliphatic carboxylic acids is 1. The van der Waals surface area contributed by atoms with Crippen molar-refractivity contribution in [2.45, 2.75) is 31.6 Å². The predicted octanol–water partition coefficient (Wildman–Crippen LogP) is 1.14. The molecular weight excluding hydrogens is 294 g/mol. The number of amides is 1. The van der Waals surface area contributed by atoms with Gasteiger partial charge in [-0.05, 0) is 26.3 Å². The van der Waals surface area contributed by atoms with Crippen molar-refractivity contribution in [3.63, 3.8) is 0 Å². The molecule has 0 aliphatic heterocycles. The van der Waals surface area contributed by atoms with Crippen molar-refractivity contribution < 1.29 is 23.1 Å². The molecule has 1 atom stereocenters. The van der Waals surface area contributed by atoms with E-state index in [4.69, 9.17) is 5.11 Å². The highest BCUT2D eigenvalue weighted by atomic mass is 32.2. The van der Waals surface area contributed by atoms with E-state index >= 15 is 0 Å². The average Bonchev–Trinajstić information content (AvgIpc) is 2.34. The van der Waals surface area contributed by atoms with Crippen LogP contribution in [-0.4, -0.2) is 35.9 Å². The first-order valence-electron chi connectivity index (χ1n) is 6.34. The molecule has 1 rings (SSSR count). The summed E-state index contributed by atoms with van der Waals surface area (Å²) in [6.45, 7) is 4.46. The van der Waals surface area contributed by atoms with Crippen LogP contribution in [0.4, 0.5) is 0 Å². The maximum absolute atomic E-state index is 11.9. The molecule has 0 saturated carbocycles. The van der Waals surface area contributed by atoms with Gasteiger partial charge in [-0.15, -0.1) is 0 Å². The lowest BCUT2D eigenvalue weighted by Crippen LogP contribution is -2.41. The maximum Gasteiger partial charge on any atom is 0.330 e. The Morgan fingerprint density at radius 2 is 1.71 bits per heavy atom. The Balaban J connectivity index is 2.88. The van der Waals surface area contributed by atoms with Gasteiger partial charge in [-0.25, -0.2) is 13.2 Å². The van der Waals surface area contributed by atoms with Gasteiger partial charge in [0.05, 0.1) is 4.75 Å². The minimum absolute atomic E-state index is 0.381. The van der Waals surface area contributed by atoms with E-state index in [-0.39, 0.29) is 0 Å². The van der Waals surface area contributed by atoms with E-state index < -0.39 is 38.3 Å². The van der Waals surface area contributed by atoms with Crippen molar-refractivity contribution in [1.82, 2.24) is 5.32 Å². The molecule has 21 heavy (non-hydrogen) atoms. The standard InChI is InChI=1S/C14H19NO5S/c1-14(2,3)21(19,20)9-11(16)15-12(13(17)18)10-7-5-4-6-8-10/h4-8,12H,9H2,1-3H3,(H,15,16)(H,17,18)/t12-/m0/s1. The summed E-state index contributed by atoms with van der Waals surface area (Å²) in [6.07, 6.45) is 0. The first-order chi connectivity index (χ1) is 9.54. The van der Waals surface area contributed by atoms with Crippen molar-refractivity contribution in [3.05, 3.63) is 35.9 Å². The van der Waals surface area contributed by atoms with Crippen LogP contribution in [-0.2, 0) is 19.4 Å². The molecule has 0 saturated heterocycles. The molecule has 116 valence electrons. The summed E-state index contributed by atoms with van der Waals surface area (Å²) in [7, 11) is -3.66. The molecule has 0 spiro atoms. The number of nitrogens with one attached hydrogen (secondary N) is 1. The molecule has 2 N–H and O–H groups in total. The zero-order valence-corrected chi connectivity index (χ0v) is 13.0. The van der Waals surface area contributed by atoms with Crippen LogP contribution >= 0.6 is 0 Å². The molecule has 0 radical (unpaired) electrons. The van der Waals surface area contributed by atoms with Crippen molar-refractivity contribution in [1.29, 1.82) is 0 Å². The second kappa shape index (κ2) is 6.26. The van der Waals surface area contributed by atoms with Crippen LogP contribution in [0.2, 0.25) is 0 Å². The number of hydrogen-bond acceptors (Lipinski definition) is 4. The molecule has 0 bridgehead atoms. The van der Waals surface area contributed by atoms with Crippen molar-refractivity contribution in [3.8, 4) is 0 Å². The lowest BCUT2D eigenvalue weighted by Gasteiger charge is -2.20. The summed E-state index contributed by atoms with van der Waals surface area (Å²) in [6, 6.07) is 6.84. The summed E-state index contributed by atoms with van der Waals surface area (Å²) in [5, 5.41) is 11.4. The quantitative estimate of drug-likeness (QED) is 0.849. The predicted molar refractivity (Wildman–Crippen MR) is 78.5 cm³/mol. The summed E-state index contributed by atoms with van der Waals surface area (Å²) in [5.74, 6) is -2.82. The third-order valence-electron chi connectivity index (χ3n) is 2.94. The number of carboxylic acid groups (broad SMARTS) is 1. The Bertz CT molecular complexity index is 617. The fourth-order valence-electron chi connectivity index (χ4n) is 1.52. The monoisotopic (exact) mass is 313 g/mol. The second-order valence-corrected chi connectivity index (χ2v) is 8.36. The lowest BCUT2D eigenvalue weighted by atomic mass is 10.1. The maximum atomic E-state index is 11.9. The van der Waals surface area contributed by atoms with Crippen LogP contribution in [0, 0.1) is 0 Å². The van der Waals surface area contributed by atoms with E-state index in [1.807, 2.05) is 0 Å². The van der Waals surface area contributed by atoms with Gasteiger partial charge in [0.15, 0.2) is 15.9 Å². The van der Waals surface area contributed by atoms with Gasteiger partial charge >= 0.3 is 5.97 Å². The first kappa shape index (κ1) is 17.2. The Kier molecular flexibility index (Phi) is 5.11. The molecule has 7 heteroatoms. The Morgan fingerprint density at radius 3 is 2.14 bits per heavy atom. The molecule has 0 heterocycles. The fraction of sp³-hybridized carbons (Fsp3) is 0.429. The number of carbonyl (C=O) groups excluding carboxylic acids is 1. The van der Waals surface area contributed by atoms with E-state index in [0.717, 1.165) is 0 Å². The largest absolute Gasteiger partial charge is 0.479 e. The minimum atomic E-state index is -3.66. The normalized spacial score (nSPS) is 13.5. The van der Waals surface area contributed by atoms with Gasteiger partial charge in [0, 0.05) is 0 Å². The van der Waals surface area contributed by atoms with Gasteiger partial charge in [-0.2, -0.15) is 0 Å². The highest BCUT2D eigenvalue weighted by molar-refractivity contribution is 7.93. The first-order valence-corrected chi connectivity index (χ1v) is 7.99. The fourth-order valence-corrected chi connectivity index (χ4v) is 2.39. The van der Waals surface area contributed by atoms with Gasteiger partial charge in [-0.1, -0.05) is 30.3 Å². The Morgan fingerprint density at radius 1 is 1.19 bits per heavy atom. The Hall–Kier alpha value is -1.89. The highest BCUT2D eigenvalue weighted by Crippen LogP contribution is 2.17. The number of carboxylic acids is 1. The zero-order chi connectivity index (χ0) is 16.3. The minimum Gasteiger partial charge on any atom is -0.479 e. The summed E-state index contributed by atoms with van der Waals surface area (Å²) in [5.41, 5.74) is 0.381. The smallest absolute Gasteiger partial charge is 0.330 e. The van der Waals surface area contributed by atoms with Crippen LogP contribution in [0.25, 0.3) is 0 Å². The van der Waals surface area contributed by atoms with E-state index in [1.165, 1.54) is 20.8 Å². The molecule has 6 nitrogen and oxygen atoms in total. The molecular formula is C14H19NO5S. The zero-order valence-electron chi connectivity index (χ0n) is 12.2. The van der Waals surface area contributed by atoms with E-state index in [9.17, 15) is 18.0 Å². The third-order valence-corrected chi connectivity index (χ3v) is 5.45. The molecule has 1 aromatic rings. The number of benzene rings is 1. The summed E-state index contributed by atoms with van der Waals surface area (Å²) >= 11 is 0. The van der Waals surface area contributed by atoms with Crippen LogP contribution < -0.4 is 5.32 Å². The molecule has 1 amide bonds. The number of sulfone groups is 1. The molecule has 0 aromatic heterocycles. The second-order valence-electron chi connectivity index (χ2n) is 5.62. The number of carbonyl (C=O) groups is 2. The molecule has 0 unspecified atom stereocenters. The van der Waals surface area contributed by atoms with Crippen molar-refractivity contribution in [2.24, 2.45) is 0 Å². The molecule has 0 aliphatic carbocycles. The van der Waals surface area contributed by atoms with E-state index in [1.54, 1.807) is 30.3 Å². The Labute approximate surface area is 124 Å². The van der Waals surface area contributed by atoms with Crippen molar-refractivity contribution >= 4 is 21.7 Å². The van der Waals surface area contributed by atoms with Gasteiger partial charge < -0.3 is 10.4 Å². The SMILES string of the molecule is CC(C)(C)S(=O)(=O)CC(=O)N[C@H](C(=O)O)c1ccccc1. The van der Waals surface area contributed by atoms with Gasteiger partial charge in [0.2, 0.25) is 5.91 Å². The third kappa shape index (κ3) is 4.56. The van der Waals surface area contributed by atoms with E-state index in [0.29, 0.717) is 5.56 Å². The van der Waals surface area contributed by atoms with Gasteiger partial charge in [0.25, 0.3) is 0 Å². The lowest BCUT2D eigenvalue weighted by molar-refractivity contribution is -0.141. The highest BCUT2D eigenvalue weighted by Gasteiger charge is 2.32. The molecule has 0 fully saturated rings. The average molecular weight is 313 g/mol. The van der Waals surface area contributed by atoms with Crippen LogP contribution in [0.5, 0.6) is 0 Å². The molecule has 1 aromatic carbocycles. The molecule has 0 aliphatic rings. The van der Waals surface area contributed by atoms with Crippen LogP contribution in [0.1, 0.15) is 32.4 Å². The van der Waals surface area contributed by atoms with Gasteiger partial charge in [0.1, 0.15) is 5.75 Å². The van der Waals surface area contributed by atoms with Crippen LogP contribution in [0.15, 0.2) is 30.3 Å². The number of hydrogen-bond donors (Lipinski definition) is 2.